The van der Waals surface area contributed by atoms with Crippen LogP contribution in [0.2, 0.25) is 28.2 Å². The maximum Gasteiger partial charge on any atom is 0.254 e. The molecule has 0 saturated carbocycles. The number of ether oxygens (including phenoxy) is 1. The number of halogens is 3. The molecule has 2 rings (SSSR count). The van der Waals surface area contributed by atoms with Crippen LogP contribution in [0.25, 0.3) is 6.08 Å². The van der Waals surface area contributed by atoms with E-state index in [0.717, 1.165) is 9.13 Å². The van der Waals surface area contributed by atoms with Crippen LogP contribution in [0.3, 0.4) is 0 Å². The Kier molecular flexibility index (Phi) is 9.89. The summed E-state index contributed by atoms with van der Waals surface area (Å²) in [4.78, 5) is 15.2. The Morgan fingerprint density at radius 3 is 2.39 bits per heavy atom. The quantitative estimate of drug-likeness (QED) is 0.170. The molecular formula is C25H32Cl2INO3Si. The van der Waals surface area contributed by atoms with Gasteiger partial charge in [-0.05, 0) is 71.4 Å². The number of hydrogen-bond donors (Lipinski definition) is 0. The molecule has 0 fully saturated rings. The summed E-state index contributed by atoms with van der Waals surface area (Å²) in [6, 6.07) is 11.1. The normalized spacial score (nSPS) is 12.6. The van der Waals surface area contributed by atoms with Crippen molar-refractivity contribution in [2.75, 3.05) is 25.7 Å². The average molecular weight is 620 g/mol. The molecule has 0 radical (unpaired) electrons. The zero-order chi connectivity index (χ0) is 25.0. The average Bonchev–Trinajstić information content (AvgIpc) is 2.71. The maximum atomic E-state index is 13.7. The van der Waals surface area contributed by atoms with E-state index in [1.54, 1.807) is 31.2 Å². The molecule has 0 aliphatic rings. The van der Waals surface area contributed by atoms with Crippen LogP contribution in [0.4, 0.5) is 5.69 Å². The molecule has 33 heavy (non-hydrogen) atoms. The molecule has 0 spiro atoms. The largest absolute Gasteiger partial charge is 0.496 e. The fourth-order valence-corrected chi connectivity index (χ4v) is 6.02. The van der Waals surface area contributed by atoms with E-state index in [1.165, 1.54) is 0 Å². The summed E-state index contributed by atoms with van der Waals surface area (Å²) in [5.41, 5.74) is 2.08. The van der Waals surface area contributed by atoms with Gasteiger partial charge in [0.2, 0.25) is 0 Å². The Labute approximate surface area is 222 Å². The van der Waals surface area contributed by atoms with Crippen molar-refractivity contribution in [3.63, 3.8) is 0 Å². The van der Waals surface area contributed by atoms with Crippen LogP contribution in [0.5, 0.6) is 5.75 Å². The van der Waals surface area contributed by atoms with Gasteiger partial charge in [0.25, 0.3) is 5.91 Å². The molecule has 1 amide bonds. The van der Waals surface area contributed by atoms with Crippen LogP contribution in [0.1, 0.15) is 32.8 Å². The van der Waals surface area contributed by atoms with Gasteiger partial charge >= 0.3 is 0 Å². The molecule has 0 aliphatic heterocycles. The molecule has 0 N–H and O–H groups in total. The SMILES string of the molecule is COc1ccccc1/C=C(\CCO[Si](C)(C)C(C)(C)C)C(=O)N(C)c1c(Cl)cc(Cl)cc1I. The second-order valence-corrected chi connectivity index (χ2v) is 16.2. The first-order chi connectivity index (χ1) is 15.3. The first kappa shape index (κ1) is 28.2. The van der Waals surface area contributed by atoms with Crippen LogP contribution in [0.15, 0.2) is 42.0 Å². The van der Waals surface area contributed by atoms with Crippen molar-refractivity contribution in [2.45, 2.75) is 45.3 Å². The highest BCUT2D eigenvalue weighted by Gasteiger charge is 2.37. The summed E-state index contributed by atoms with van der Waals surface area (Å²) < 4.78 is 12.7. The van der Waals surface area contributed by atoms with Gasteiger partial charge < -0.3 is 14.1 Å². The molecule has 0 saturated heterocycles. The number of nitrogens with zero attached hydrogens (tertiary/aromatic N) is 1. The lowest BCUT2D eigenvalue weighted by Gasteiger charge is -2.36. The number of benzene rings is 2. The molecule has 8 heteroatoms. The van der Waals surface area contributed by atoms with Crippen molar-refractivity contribution < 1.29 is 14.0 Å². The first-order valence-electron chi connectivity index (χ1n) is 10.7. The van der Waals surface area contributed by atoms with Gasteiger partial charge in [-0.15, -0.1) is 0 Å². The van der Waals surface area contributed by atoms with E-state index in [0.29, 0.717) is 40.1 Å². The second-order valence-electron chi connectivity index (χ2n) is 9.35. The number of rotatable bonds is 8. The third kappa shape index (κ3) is 7.21. The molecular weight excluding hydrogens is 588 g/mol. The zero-order valence-corrected chi connectivity index (χ0v) is 24.9. The minimum atomic E-state index is -1.95. The second kappa shape index (κ2) is 11.6. The standard InChI is InChI=1S/C25H32Cl2INO3Si/c1-25(2,3)33(6,7)32-13-12-18(14-17-10-8-9-11-22(17)31-5)24(30)29(4)23-20(27)15-19(26)16-21(23)28/h8-11,14-16H,12-13H2,1-7H3/b18-14+. The number of anilines is 1. The predicted molar refractivity (Wildman–Crippen MR) is 151 cm³/mol. The molecule has 4 nitrogen and oxygen atoms in total. The number of para-hydroxylation sites is 1. The Bertz CT molecular complexity index is 1010. The Hall–Kier alpha value is -1.06. The van der Waals surface area contributed by atoms with Gasteiger partial charge in [-0.1, -0.05) is 62.2 Å². The van der Waals surface area contributed by atoms with E-state index in [4.69, 9.17) is 32.4 Å². The molecule has 0 heterocycles. The van der Waals surface area contributed by atoms with Gasteiger partial charge in [0.15, 0.2) is 8.32 Å². The number of amides is 1. The smallest absolute Gasteiger partial charge is 0.254 e. The fourth-order valence-electron chi connectivity index (χ4n) is 3.02. The predicted octanol–water partition coefficient (Wildman–Crippen LogP) is 8.06. The topological polar surface area (TPSA) is 38.8 Å². The number of likely N-dealkylation sites (N-methyl/N-ethyl adjacent to an activating group) is 1. The maximum absolute atomic E-state index is 13.7. The van der Waals surface area contributed by atoms with Gasteiger partial charge in [-0.2, -0.15) is 0 Å². The van der Waals surface area contributed by atoms with Crippen molar-refractivity contribution >= 4 is 71.8 Å². The molecule has 0 atom stereocenters. The van der Waals surface area contributed by atoms with Gasteiger partial charge in [-0.25, -0.2) is 0 Å². The van der Waals surface area contributed by atoms with Crippen molar-refractivity contribution in [3.8, 4) is 5.75 Å². The summed E-state index contributed by atoms with van der Waals surface area (Å²) in [7, 11) is 1.40. The van der Waals surface area contributed by atoms with Crippen LogP contribution in [0, 0.1) is 3.57 Å². The number of methoxy groups -OCH3 is 1. The summed E-state index contributed by atoms with van der Waals surface area (Å²) in [6.07, 6.45) is 2.35. The van der Waals surface area contributed by atoms with Gasteiger partial charge in [-0.3, -0.25) is 4.79 Å². The molecule has 0 aromatic heterocycles. The minimum absolute atomic E-state index is 0.0905. The minimum Gasteiger partial charge on any atom is -0.496 e. The lowest BCUT2D eigenvalue weighted by atomic mass is 10.1. The molecule has 0 bridgehead atoms. The number of carbonyl (C=O) groups is 1. The zero-order valence-electron chi connectivity index (χ0n) is 20.3. The van der Waals surface area contributed by atoms with Crippen molar-refractivity contribution in [2.24, 2.45) is 0 Å². The number of carbonyl (C=O) groups excluding carboxylic acids is 1. The molecule has 180 valence electrons. The first-order valence-corrected chi connectivity index (χ1v) is 15.4. The van der Waals surface area contributed by atoms with Gasteiger partial charge in [0, 0.05) is 33.4 Å². The molecule has 2 aromatic rings. The van der Waals surface area contributed by atoms with Crippen molar-refractivity contribution in [3.05, 3.63) is 61.2 Å². The van der Waals surface area contributed by atoms with Crippen LogP contribution in [-0.4, -0.2) is 35.0 Å². The third-order valence-electron chi connectivity index (χ3n) is 6.01. The monoisotopic (exact) mass is 619 g/mol. The summed E-state index contributed by atoms with van der Waals surface area (Å²) in [5.74, 6) is 0.553. The summed E-state index contributed by atoms with van der Waals surface area (Å²) >= 11 is 14.7. The van der Waals surface area contributed by atoms with Gasteiger partial charge in [0.05, 0.1) is 17.8 Å². The van der Waals surface area contributed by atoms with E-state index >= 15 is 0 Å². The van der Waals surface area contributed by atoms with E-state index in [2.05, 4.69) is 56.5 Å². The lowest BCUT2D eigenvalue weighted by Crippen LogP contribution is -2.41. The molecule has 0 aliphatic carbocycles. The van der Waals surface area contributed by atoms with Crippen LogP contribution >= 0.6 is 45.8 Å². The summed E-state index contributed by atoms with van der Waals surface area (Å²) in [5, 5.41) is 1.05. The van der Waals surface area contributed by atoms with E-state index < -0.39 is 8.32 Å². The van der Waals surface area contributed by atoms with E-state index in [9.17, 15) is 4.79 Å². The highest BCUT2D eigenvalue weighted by atomic mass is 127. The van der Waals surface area contributed by atoms with E-state index in [1.807, 2.05) is 30.3 Å². The van der Waals surface area contributed by atoms with E-state index in [-0.39, 0.29) is 10.9 Å². The Balaban J connectivity index is 2.42. The lowest BCUT2D eigenvalue weighted by molar-refractivity contribution is -0.115. The molecule has 2 aromatic carbocycles. The highest BCUT2D eigenvalue weighted by Crippen LogP contribution is 2.37. The fraction of sp³-hybridized carbons (Fsp3) is 0.400. The van der Waals surface area contributed by atoms with Gasteiger partial charge in [0.1, 0.15) is 5.75 Å². The Morgan fingerprint density at radius 2 is 1.82 bits per heavy atom. The van der Waals surface area contributed by atoms with Crippen molar-refractivity contribution in [1.82, 2.24) is 0 Å². The number of hydrogen-bond acceptors (Lipinski definition) is 3. The van der Waals surface area contributed by atoms with Crippen LogP contribution < -0.4 is 9.64 Å². The Morgan fingerprint density at radius 1 is 1.18 bits per heavy atom. The highest BCUT2D eigenvalue weighted by molar-refractivity contribution is 14.1. The van der Waals surface area contributed by atoms with Crippen molar-refractivity contribution in [1.29, 1.82) is 0 Å². The third-order valence-corrected chi connectivity index (χ3v) is 11.9. The summed E-state index contributed by atoms with van der Waals surface area (Å²) in [6.45, 7) is 11.5. The van der Waals surface area contributed by atoms with Crippen LogP contribution in [-0.2, 0) is 9.22 Å². The molecule has 0 unspecified atom stereocenters.